The molecule has 52 heavy (non-hydrogen) atoms. The average molecular weight is 756 g/mol. The largest absolute Gasteiger partial charge is 0.472 e. The zero-order valence-corrected chi connectivity index (χ0v) is 34.8. The summed E-state index contributed by atoms with van der Waals surface area (Å²) in [5, 5.41) is 23.9. The molecule has 1 amide bonds. The Kier molecular flexibility index (Phi) is 32.9. The van der Waals surface area contributed by atoms with Crippen molar-refractivity contribution < 1.29 is 38.0 Å². The van der Waals surface area contributed by atoms with Crippen LogP contribution in [0.4, 0.5) is 0 Å². The molecular formula is C42H80N2O7P+. The number of phosphoric acid groups is 1. The van der Waals surface area contributed by atoms with Crippen LogP contribution in [0.25, 0.3) is 0 Å². The fourth-order valence-electron chi connectivity index (χ4n) is 5.58. The van der Waals surface area contributed by atoms with E-state index < -0.39 is 26.1 Å². The average Bonchev–Trinajstić information content (AvgIpc) is 3.08. The Hall–Kier alpha value is -1.58. The van der Waals surface area contributed by atoms with E-state index >= 15 is 0 Å². The standard InChI is InChI=1S/C42H79N2O7P/c1-6-8-10-12-14-15-16-17-18-19-20-22-26-30-34-41(46)40(38-51-52(48,49)50-37-36-44(3,4)5)43-42(47)35-31-27-23-25-29-33-39(45)32-28-24-21-13-11-9-7-2/h9,11,21,24,28,30,32,34,39-41,45-46H,6-8,10,12-20,22-23,25-27,29,31,33,35-38H2,1-5H3,(H-,43,47,48,49)/p+1/b11-9+,24-21+,32-28+,34-30+/t39?,40-,41+/m0/s1. The topological polar surface area (TPSA) is 125 Å². The Morgan fingerprint density at radius 1 is 0.731 bits per heavy atom. The maximum absolute atomic E-state index is 12.8. The second-order valence-corrected chi connectivity index (χ2v) is 16.6. The normalized spacial score (nSPS) is 15.6. The Bertz CT molecular complexity index is 1010. The predicted molar refractivity (Wildman–Crippen MR) is 218 cm³/mol. The highest BCUT2D eigenvalue weighted by Gasteiger charge is 2.27. The smallest absolute Gasteiger partial charge is 0.389 e. The first-order valence-corrected chi connectivity index (χ1v) is 22.1. The van der Waals surface area contributed by atoms with Crippen LogP contribution >= 0.6 is 7.82 Å². The molecule has 0 saturated heterocycles. The summed E-state index contributed by atoms with van der Waals surface area (Å²) in [7, 11) is 1.50. The number of phosphoric ester groups is 1. The highest BCUT2D eigenvalue weighted by Crippen LogP contribution is 2.43. The van der Waals surface area contributed by atoms with E-state index in [-0.39, 0.29) is 25.5 Å². The number of quaternary nitrogens is 1. The molecule has 10 heteroatoms. The van der Waals surface area contributed by atoms with E-state index in [1.807, 2.05) is 45.4 Å². The van der Waals surface area contributed by atoms with Crippen LogP contribution in [0.2, 0.25) is 0 Å². The van der Waals surface area contributed by atoms with Crippen molar-refractivity contribution in [3.8, 4) is 0 Å². The van der Waals surface area contributed by atoms with Crippen LogP contribution < -0.4 is 5.32 Å². The molecule has 0 aliphatic carbocycles. The first kappa shape index (κ1) is 50.4. The summed E-state index contributed by atoms with van der Waals surface area (Å²) in [6.07, 6.45) is 37.6. The maximum atomic E-state index is 12.8. The molecule has 0 bridgehead atoms. The van der Waals surface area contributed by atoms with Crippen molar-refractivity contribution in [2.75, 3.05) is 40.9 Å². The van der Waals surface area contributed by atoms with E-state index in [1.54, 1.807) is 6.08 Å². The van der Waals surface area contributed by atoms with E-state index in [9.17, 15) is 24.5 Å². The zero-order chi connectivity index (χ0) is 38.8. The van der Waals surface area contributed by atoms with Gasteiger partial charge in [0.15, 0.2) is 0 Å². The molecular weight excluding hydrogens is 675 g/mol. The second-order valence-electron chi connectivity index (χ2n) is 15.2. The minimum atomic E-state index is -4.36. The lowest BCUT2D eigenvalue weighted by molar-refractivity contribution is -0.870. The third kappa shape index (κ3) is 35.4. The van der Waals surface area contributed by atoms with E-state index in [2.05, 4.69) is 37.4 Å². The SMILES string of the molecule is CC/C=C/C/C=C/C=C/C(O)CCCCCCCC(=O)N[C@@H](COP(=O)(O)OCC[N+](C)(C)C)[C@H](O)/C=C/CCCCCCCCCCCCCC. The van der Waals surface area contributed by atoms with Gasteiger partial charge in [-0.2, -0.15) is 0 Å². The lowest BCUT2D eigenvalue weighted by Crippen LogP contribution is -2.45. The number of nitrogens with zero attached hydrogens (tertiary/aromatic N) is 1. The molecule has 9 nitrogen and oxygen atoms in total. The Labute approximate surface area is 319 Å². The summed E-state index contributed by atoms with van der Waals surface area (Å²) in [5.41, 5.74) is 0. The summed E-state index contributed by atoms with van der Waals surface area (Å²) in [6, 6.07) is -0.884. The summed E-state index contributed by atoms with van der Waals surface area (Å²) in [5.74, 6) is -0.237. The quantitative estimate of drug-likeness (QED) is 0.0165. The van der Waals surface area contributed by atoms with E-state index in [0.29, 0.717) is 23.9 Å². The molecule has 0 aliphatic heterocycles. The van der Waals surface area contributed by atoms with Gasteiger partial charge >= 0.3 is 7.82 Å². The summed E-state index contributed by atoms with van der Waals surface area (Å²) in [6.45, 7) is 4.57. The van der Waals surface area contributed by atoms with Crippen molar-refractivity contribution in [1.29, 1.82) is 0 Å². The number of allylic oxidation sites excluding steroid dienone is 6. The van der Waals surface area contributed by atoms with Crippen LogP contribution in [0.3, 0.4) is 0 Å². The number of rotatable bonds is 36. The van der Waals surface area contributed by atoms with Gasteiger partial charge in [0.25, 0.3) is 0 Å². The number of carbonyl (C=O) groups excluding carboxylic acids is 1. The number of nitrogens with one attached hydrogen (secondary N) is 1. The van der Waals surface area contributed by atoms with Crippen molar-refractivity contribution in [3.05, 3.63) is 48.6 Å². The highest BCUT2D eigenvalue weighted by molar-refractivity contribution is 7.47. The molecule has 0 aromatic heterocycles. The van der Waals surface area contributed by atoms with Gasteiger partial charge in [0, 0.05) is 6.42 Å². The minimum absolute atomic E-state index is 0.0417. The van der Waals surface area contributed by atoms with Crippen molar-refractivity contribution in [2.45, 2.75) is 173 Å². The first-order valence-electron chi connectivity index (χ1n) is 20.6. The van der Waals surface area contributed by atoms with Gasteiger partial charge in [0.1, 0.15) is 13.2 Å². The van der Waals surface area contributed by atoms with Crippen LogP contribution in [0.5, 0.6) is 0 Å². The fraction of sp³-hybridized carbons (Fsp3) is 0.786. The molecule has 0 spiro atoms. The predicted octanol–water partition coefficient (Wildman–Crippen LogP) is 9.88. The molecule has 0 radical (unpaired) electrons. The fourth-order valence-corrected chi connectivity index (χ4v) is 6.31. The maximum Gasteiger partial charge on any atom is 0.472 e. The van der Waals surface area contributed by atoms with Crippen LogP contribution in [0, 0.1) is 0 Å². The number of hydrogen-bond acceptors (Lipinski definition) is 6. The molecule has 2 unspecified atom stereocenters. The number of likely N-dealkylation sites (N-methyl/N-ethyl adjacent to an activating group) is 1. The molecule has 0 rings (SSSR count). The van der Waals surface area contributed by atoms with Gasteiger partial charge in [-0.3, -0.25) is 13.8 Å². The number of unbranched alkanes of at least 4 members (excludes halogenated alkanes) is 16. The van der Waals surface area contributed by atoms with Gasteiger partial charge in [-0.05, 0) is 38.5 Å². The molecule has 304 valence electrons. The molecule has 0 saturated carbocycles. The van der Waals surface area contributed by atoms with Crippen molar-refractivity contribution in [1.82, 2.24) is 5.32 Å². The number of carbonyl (C=O) groups is 1. The zero-order valence-electron chi connectivity index (χ0n) is 33.9. The molecule has 0 aromatic rings. The minimum Gasteiger partial charge on any atom is -0.389 e. The molecule has 0 heterocycles. The first-order chi connectivity index (χ1) is 24.9. The van der Waals surface area contributed by atoms with Gasteiger partial charge in [-0.15, -0.1) is 0 Å². The third-order valence-electron chi connectivity index (χ3n) is 8.91. The van der Waals surface area contributed by atoms with Crippen molar-refractivity contribution in [3.63, 3.8) is 0 Å². The summed E-state index contributed by atoms with van der Waals surface area (Å²) < 4.78 is 23.5. The van der Waals surface area contributed by atoms with Gasteiger partial charge in [0.2, 0.25) is 5.91 Å². The third-order valence-corrected chi connectivity index (χ3v) is 9.89. The summed E-state index contributed by atoms with van der Waals surface area (Å²) in [4.78, 5) is 23.0. The molecule has 0 fully saturated rings. The number of hydrogen-bond donors (Lipinski definition) is 4. The Morgan fingerprint density at radius 3 is 1.94 bits per heavy atom. The van der Waals surface area contributed by atoms with Crippen LogP contribution in [0.15, 0.2) is 48.6 Å². The molecule has 4 N–H and O–H groups in total. The van der Waals surface area contributed by atoms with E-state index in [0.717, 1.165) is 57.8 Å². The Balaban J connectivity index is 4.60. The van der Waals surface area contributed by atoms with Gasteiger partial charge in [-0.1, -0.05) is 159 Å². The van der Waals surface area contributed by atoms with Crippen molar-refractivity contribution >= 4 is 13.7 Å². The van der Waals surface area contributed by atoms with Gasteiger partial charge < -0.3 is 24.9 Å². The van der Waals surface area contributed by atoms with Crippen LogP contribution in [0.1, 0.15) is 155 Å². The lowest BCUT2D eigenvalue weighted by atomic mass is 10.0. The monoisotopic (exact) mass is 756 g/mol. The lowest BCUT2D eigenvalue weighted by Gasteiger charge is -2.25. The molecule has 4 atom stereocenters. The van der Waals surface area contributed by atoms with Crippen LogP contribution in [-0.4, -0.2) is 84.6 Å². The van der Waals surface area contributed by atoms with Crippen LogP contribution in [-0.2, 0) is 18.4 Å². The van der Waals surface area contributed by atoms with Gasteiger partial charge in [-0.25, -0.2) is 4.57 Å². The highest BCUT2D eigenvalue weighted by atomic mass is 31.2. The number of aliphatic hydroxyl groups is 2. The number of aliphatic hydroxyl groups excluding tert-OH is 2. The molecule has 0 aliphatic rings. The Morgan fingerprint density at radius 2 is 1.33 bits per heavy atom. The number of amides is 1. The van der Waals surface area contributed by atoms with Gasteiger partial charge in [0.05, 0.1) is 46.0 Å². The van der Waals surface area contributed by atoms with E-state index in [1.165, 1.54) is 64.2 Å². The van der Waals surface area contributed by atoms with Crippen molar-refractivity contribution in [2.24, 2.45) is 0 Å². The second kappa shape index (κ2) is 33.9. The molecule has 0 aromatic carbocycles. The summed E-state index contributed by atoms with van der Waals surface area (Å²) >= 11 is 0. The van der Waals surface area contributed by atoms with E-state index in [4.69, 9.17) is 9.05 Å².